The Bertz CT molecular complexity index is 155. The largest absolute Gasteiger partial charge is 0.388 e. The SMILES string of the molecule is CC1CC(O)(C2CC2)CN1C. The van der Waals surface area contributed by atoms with Crippen LogP contribution in [-0.4, -0.2) is 35.2 Å². The molecule has 1 heterocycles. The first-order chi connectivity index (χ1) is 5.12. The molecule has 2 aliphatic rings. The zero-order chi connectivity index (χ0) is 8.06. The number of nitrogens with zero attached hydrogens (tertiary/aromatic N) is 1. The Kier molecular flexibility index (Phi) is 1.52. The van der Waals surface area contributed by atoms with Crippen LogP contribution in [0.15, 0.2) is 0 Å². The lowest BCUT2D eigenvalue weighted by molar-refractivity contribution is 0.0290. The summed E-state index contributed by atoms with van der Waals surface area (Å²) in [5.41, 5.74) is -0.325. The van der Waals surface area contributed by atoms with Gasteiger partial charge in [0.2, 0.25) is 0 Å². The zero-order valence-corrected chi connectivity index (χ0v) is 7.38. The lowest BCUT2D eigenvalue weighted by atomic mass is 9.95. The Morgan fingerprint density at radius 2 is 2.09 bits per heavy atom. The molecule has 1 N–H and O–H groups in total. The van der Waals surface area contributed by atoms with E-state index < -0.39 is 0 Å². The minimum absolute atomic E-state index is 0.325. The summed E-state index contributed by atoms with van der Waals surface area (Å²) in [7, 11) is 2.10. The maximum Gasteiger partial charge on any atom is 0.0816 e. The summed E-state index contributed by atoms with van der Waals surface area (Å²) in [4.78, 5) is 2.26. The maximum absolute atomic E-state index is 10.1. The van der Waals surface area contributed by atoms with Gasteiger partial charge in [-0.3, -0.25) is 0 Å². The van der Waals surface area contributed by atoms with Gasteiger partial charge < -0.3 is 10.0 Å². The topological polar surface area (TPSA) is 23.5 Å². The molecule has 1 saturated carbocycles. The number of likely N-dealkylation sites (N-methyl/N-ethyl adjacent to an activating group) is 1. The van der Waals surface area contributed by atoms with Crippen molar-refractivity contribution in [2.45, 2.75) is 37.8 Å². The molecule has 2 fully saturated rings. The summed E-state index contributed by atoms with van der Waals surface area (Å²) in [6, 6.07) is 0.570. The predicted octanol–water partition coefficient (Wildman–Crippen LogP) is 0.851. The Morgan fingerprint density at radius 1 is 1.45 bits per heavy atom. The molecule has 64 valence electrons. The van der Waals surface area contributed by atoms with E-state index >= 15 is 0 Å². The summed E-state index contributed by atoms with van der Waals surface area (Å²) in [5.74, 6) is 0.620. The van der Waals surface area contributed by atoms with Crippen LogP contribution in [0, 0.1) is 5.92 Å². The quantitative estimate of drug-likeness (QED) is 0.607. The van der Waals surface area contributed by atoms with Crippen LogP contribution in [0.4, 0.5) is 0 Å². The van der Waals surface area contributed by atoms with E-state index in [1.165, 1.54) is 12.8 Å². The fourth-order valence-corrected chi connectivity index (χ4v) is 2.24. The summed E-state index contributed by atoms with van der Waals surface area (Å²) < 4.78 is 0. The van der Waals surface area contributed by atoms with Crippen LogP contribution < -0.4 is 0 Å². The highest BCUT2D eigenvalue weighted by Gasteiger charge is 2.49. The molecule has 1 saturated heterocycles. The van der Waals surface area contributed by atoms with E-state index in [1.807, 2.05) is 0 Å². The standard InChI is InChI=1S/C9H17NO/c1-7-5-9(11,6-10(7)2)8-3-4-8/h7-8,11H,3-6H2,1-2H3. The lowest BCUT2D eigenvalue weighted by Gasteiger charge is -2.21. The van der Waals surface area contributed by atoms with Gasteiger partial charge in [-0.15, -0.1) is 0 Å². The van der Waals surface area contributed by atoms with Gasteiger partial charge in [-0.1, -0.05) is 0 Å². The third-order valence-electron chi connectivity index (χ3n) is 3.26. The average Bonchev–Trinajstić information content (AvgIpc) is 2.64. The van der Waals surface area contributed by atoms with Crippen molar-refractivity contribution in [2.75, 3.05) is 13.6 Å². The van der Waals surface area contributed by atoms with Gasteiger partial charge >= 0.3 is 0 Å². The highest BCUT2D eigenvalue weighted by molar-refractivity contribution is 5.02. The highest BCUT2D eigenvalue weighted by Crippen LogP contribution is 2.45. The van der Waals surface area contributed by atoms with Crippen molar-refractivity contribution in [3.05, 3.63) is 0 Å². The Hall–Kier alpha value is -0.0800. The van der Waals surface area contributed by atoms with Gasteiger partial charge in [0.15, 0.2) is 0 Å². The van der Waals surface area contributed by atoms with Crippen molar-refractivity contribution < 1.29 is 5.11 Å². The van der Waals surface area contributed by atoms with E-state index in [9.17, 15) is 5.11 Å². The Balaban J connectivity index is 2.05. The lowest BCUT2D eigenvalue weighted by Crippen LogP contribution is -2.34. The van der Waals surface area contributed by atoms with E-state index in [0.29, 0.717) is 12.0 Å². The van der Waals surface area contributed by atoms with Crippen molar-refractivity contribution >= 4 is 0 Å². The average molecular weight is 155 g/mol. The molecule has 1 aliphatic heterocycles. The van der Waals surface area contributed by atoms with Gasteiger partial charge in [-0.05, 0) is 39.2 Å². The first kappa shape index (κ1) is 7.56. The van der Waals surface area contributed by atoms with Crippen molar-refractivity contribution in [2.24, 2.45) is 5.92 Å². The molecule has 0 bridgehead atoms. The second-order valence-corrected chi connectivity index (χ2v) is 4.35. The molecule has 2 heteroatoms. The van der Waals surface area contributed by atoms with E-state index in [-0.39, 0.29) is 5.60 Å². The van der Waals surface area contributed by atoms with E-state index in [2.05, 4.69) is 18.9 Å². The molecule has 0 amide bonds. The summed E-state index contributed by atoms with van der Waals surface area (Å²) in [6.45, 7) is 3.08. The zero-order valence-electron chi connectivity index (χ0n) is 7.38. The highest BCUT2D eigenvalue weighted by atomic mass is 16.3. The number of β-amino-alcohol motifs (C(OH)–C–C–N with tert-alkyl or cyclic N) is 1. The molecular weight excluding hydrogens is 138 g/mol. The molecule has 0 aromatic carbocycles. The van der Waals surface area contributed by atoms with Crippen molar-refractivity contribution in [1.29, 1.82) is 0 Å². The van der Waals surface area contributed by atoms with Gasteiger partial charge in [0, 0.05) is 12.6 Å². The van der Waals surface area contributed by atoms with Crippen LogP contribution in [0.2, 0.25) is 0 Å². The van der Waals surface area contributed by atoms with Crippen LogP contribution in [0.5, 0.6) is 0 Å². The summed E-state index contributed by atoms with van der Waals surface area (Å²) in [6.07, 6.45) is 3.47. The number of rotatable bonds is 1. The molecule has 2 rings (SSSR count). The molecule has 2 atom stereocenters. The first-order valence-electron chi connectivity index (χ1n) is 4.54. The Morgan fingerprint density at radius 3 is 2.45 bits per heavy atom. The molecule has 11 heavy (non-hydrogen) atoms. The molecule has 1 aliphatic carbocycles. The third kappa shape index (κ3) is 1.18. The van der Waals surface area contributed by atoms with Crippen molar-refractivity contribution in [1.82, 2.24) is 4.90 Å². The fourth-order valence-electron chi connectivity index (χ4n) is 2.24. The second kappa shape index (κ2) is 2.20. The molecule has 0 aromatic rings. The van der Waals surface area contributed by atoms with Gasteiger partial charge in [-0.25, -0.2) is 0 Å². The summed E-state index contributed by atoms with van der Waals surface area (Å²) >= 11 is 0. The van der Waals surface area contributed by atoms with Gasteiger partial charge in [-0.2, -0.15) is 0 Å². The molecule has 2 unspecified atom stereocenters. The van der Waals surface area contributed by atoms with Gasteiger partial charge in [0.05, 0.1) is 5.60 Å². The maximum atomic E-state index is 10.1. The van der Waals surface area contributed by atoms with Crippen LogP contribution >= 0.6 is 0 Å². The fraction of sp³-hybridized carbons (Fsp3) is 1.00. The van der Waals surface area contributed by atoms with Crippen LogP contribution in [0.1, 0.15) is 26.2 Å². The number of hydrogen-bond acceptors (Lipinski definition) is 2. The van der Waals surface area contributed by atoms with E-state index in [0.717, 1.165) is 13.0 Å². The first-order valence-corrected chi connectivity index (χ1v) is 4.54. The normalized spacial score (nSPS) is 46.6. The Labute approximate surface area is 68.2 Å². The minimum Gasteiger partial charge on any atom is -0.388 e. The smallest absolute Gasteiger partial charge is 0.0816 e. The van der Waals surface area contributed by atoms with Crippen molar-refractivity contribution in [3.8, 4) is 0 Å². The number of aliphatic hydroxyl groups is 1. The molecule has 0 spiro atoms. The number of likely N-dealkylation sites (tertiary alicyclic amines) is 1. The molecule has 0 radical (unpaired) electrons. The summed E-state index contributed by atoms with van der Waals surface area (Å²) in [5, 5.41) is 10.1. The monoisotopic (exact) mass is 155 g/mol. The number of hydrogen-bond donors (Lipinski definition) is 1. The van der Waals surface area contributed by atoms with E-state index in [1.54, 1.807) is 0 Å². The van der Waals surface area contributed by atoms with Gasteiger partial charge in [0.25, 0.3) is 0 Å². The molecular formula is C9H17NO. The predicted molar refractivity (Wildman–Crippen MR) is 44.4 cm³/mol. The minimum atomic E-state index is -0.325. The van der Waals surface area contributed by atoms with Gasteiger partial charge in [0.1, 0.15) is 0 Å². The third-order valence-corrected chi connectivity index (χ3v) is 3.26. The van der Waals surface area contributed by atoms with Crippen LogP contribution in [0.3, 0.4) is 0 Å². The molecule has 2 nitrogen and oxygen atoms in total. The van der Waals surface area contributed by atoms with Crippen LogP contribution in [-0.2, 0) is 0 Å². The van der Waals surface area contributed by atoms with E-state index in [4.69, 9.17) is 0 Å². The molecule has 0 aromatic heterocycles. The van der Waals surface area contributed by atoms with Crippen LogP contribution in [0.25, 0.3) is 0 Å². The van der Waals surface area contributed by atoms with Crippen molar-refractivity contribution in [3.63, 3.8) is 0 Å². The second-order valence-electron chi connectivity index (χ2n) is 4.35.